The molecule has 1 unspecified atom stereocenters. The van der Waals surface area contributed by atoms with E-state index in [4.69, 9.17) is 9.47 Å². The molecule has 0 fully saturated rings. The first kappa shape index (κ1) is 42.9. The smallest absolute Gasteiger partial charge is 0.306 e. The van der Waals surface area contributed by atoms with Crippen molar-refractivity contribution >= 4 is 11.9 Å². The minimum atomic E-state index is -0.759. The standard InChI is InChI=1S/C39H76O5/c1-3-5-7-9-10-11-12-13-14-15-16-17-18-19-20-21-22-23-24-25-26-27-28-30-32-34-39(42)44-37(35-40)36-43-38(41)33-31-29-8-6-4-2/h37,40H,3-36H2,1-2H3. The van der Waals surface area contributed by atoms with Crippen molar-refractivity contribution < 1.29 is 24.2 Å². The van der Waals surface area contributed by atoms with Gasteiger partial charge in [0, 0.05) is 12.8 Å². The molecule has 0 aliphatic rings. The van der Waals surface area contributed by atoms with Gasteiger partial charge in [-0.25, -0.2) is 0 Å². The Hall–Kier alpha value is -1.10. The monoisotopic (exact) mass is 625 g/mol. The molecule has 0 spiro atoms. The molecule has 5 heteroatoms. The Morgan fingerprint density at radius 1 is 0.432 bits per heavy atom. The lowest BCUT2D eigenvalue weighted by Gasteiger charge is -2.15. The normalized spacial score (nSPS) is 12.0. The highest BCUT2D eigenvalue weighted by atomic mass is 16.6. The summed E-state index contributed by atoms with van der Waals surface area (Å²) >= 11 is 0. The maximum atomic E-state index is 12.1. The summed E-state index contributed by atoms with van der Waals surface area (Å²) in [6, 6.07) is 0. The van der Waals surface area contributed by atoms with Crippen LogP contribution in [-0.2, 0) is 19.1 Å². The predicted octanol–water partition coefficient (Wildman–Crippen LogP) is 12.0. The number of carbonyl (C=O) groups excluding carboxylic acids is 2. The molecule has 0 saturated carbocycles. The second-order valence-corrected chi connectivity index (χ2v) is 13.4. The first-order chi connectivity index (χ1) is 21.6. The number of aliphatic hydroxyl groups is 1. The summed E-state index contributed by atoms with van der Waals surface area (Å²) < 4.78 is 10.5. The highest BCUT2D eigenvalue weighted by Crippen LogP contribution is 2.16. The van der Waals surface area contributed by atoms with E-state index in [0.717, 1.165) is 38.5 Å². The zero-order chi connectivity index (χ0) is 32.2. The lowest BCUT2D eigenvalue weighted by Crippen LogP contribution is -2.28. The fourth-order valence-electron chi connectivity index (χ4n) is 5.91. The van der Waals surface area contributed by atoms with Crippen LogP contribution in [0.15, 0.2) is 0 Å². The maximum Gasteiger partial charge on any atom is 0.306 e. The van der Waals surface area contributed by atoms with Crippen LogP contribution in [0.1, 0.15) is 219 Å². The topological polar surface area (TPSA) is 72.8 Å². The molecular weight excluding hydrogens is 548 g/mol. The van der Waals surface area contributed by atoms with Gasteiger partial charge >= 0.3 is 11.9 Å². The number of aliphatic hydroxyl groups excluding tert-OH is 1. The van der Waals surface area contributed by atoms with Crippen molar-refractivity contribution in [2.45, 2.75) is 225 Å². The van der Waals surface area contributed by atoms with Crippen molar-refractivity contribution in [1.29, 1.82) is 0 Å². The molecule has 0 rings (SSSR count). The highest BCUT2D eigenvalue weighted by Gasteiger charge is 2.16. The van der Waals surface area contributed by atoms with E-state index < -0.39 is 6.10 Å². The third kappa shape index (κ3) is 33.8. The highest BCUT2D eigenvalue weighted by molar-refractivity contribution is 5.70. The van der Waals surface area contributed by atoms with Crippen molar-refractivity contribution in [3.63, 3.8) is 0 Å². The van der Waals surface area contributed by atoms with E-state index in [1.807, 2.05) is 0 Å². The van der Waals surface area contributed by atoms with Crippen LogP contribution in [0.2, 0.25) is 0 Å². The van der Waals surface area contributed by atoms with Gasteiger partial charge in [0.25, 0.3) is 0 Å². The third-order valence-electron chi connectivity index (χ3n) is 8.90. The maximum absolute atomic E-state index is 12.1. The molecule has 5 nitrogen and oxygen atoms in total. The number of carbonyl (C=O) groups is 2. The molecule has 1 atom stereocenters. The second kappa shape index (κ2) is 36.4. The number of ether oxygens (including phenoxy) is 2. The zero-order valence-electron chi connectivity index (χ0n) is 29.7. The van der Waals surface area contributed by atoms with Crippen molar-refractivity contribution in [3.05, 3.63) is 0 Å². The van der Waals surface area contributed by atoms with Gasteiger partial charge in [0.1, 0.15) is 6.61 Å². The van der Waals surface area contributed by atoms with Crippen LogP contribution >= 0.6 is 0 Å². The fraction of sp³-hybridized carbons (Fsp3) is 0.949. The van der Waals surface area contributed by atoms with Crippen LogP contribution in [-0.4, -0.2) is 36.4 Å². The molecule has 262 valence electrons. The first-order valence-electron chi connectivity index (χ1n) is 19.6. The lowest BCUT2D eigenvalue weighted by atomic mass is 10.0. The van der Waals surface area contributed by atoms with Crippen LogP contribution in [0, 0.1) is 0 Å². The molecule has 0 amide bonds. The minimum absolute atomic E-state index is 0.0600. The third-order valence-corrected chi connectivity index (χ3v) is 8.90. The number of rotatable bonds is 36. The summed E-state index contributed by atoms with van der Waals surface area (Å²) in [5, 5.41) is 9.46. The molecule has 0 aliphatic heterocycles. The summed E-state index contributed by atoms with van der Waals surface area (Å²) in [4.78, 5) is 23.9. The Labute approximate surface area is 274 Å². The Morgan fingerprint density at radius 2 is 0.705 bits per heavy atom. The van der Waals surface area contributed by atoms with Crippen molar-refractivity contribution in [1.82, 2.24) is 0 Å². The summed E-state index contributed by atoms with van der Waals surface area (Å²) in [5.41, 5.74) is 0. The van der Waals surface area contributed by atoms with E-state index >= 15 is 0 Å². The molecule has 0 bridgehead atoms. The summed E-state index contributed by atoms with van der Waals surface area (Å²) in [7, 11) is 0. The number of unbranched alkanes of at least 4 members (excludes halogenated alkanes) is 28. The molecule has 0 radical (unpaired) electrons. The Morgan fingerprint density at radius 3 is 1.00 bits per heavy atom. The Balaban J connectivity index is 3.35. The average molecular weight is 625 g/mol. The molecule has 44 heavy (non-hydrogen) atoms. The summed E-state index contributed by atoms with van der Waals surface area (Å²) in [6.45, 7) is 4.07. The number of hydrogen-bond acceptors (Lipinski definition) is 5. The van der Waals surface area contributed by atoms with E-state index in [1.54, 1.807) is 0 Å². The average Bonchev–Trinajstić information content (AvgIpc) is 3.02. The van der Waals surface area contributed by atoms with Gasteiger partial charge in [-0.15, -0.1) is 0 Å². The van der Waals surface area contributed by atoms with Crippen LogP contribution in [0.25, 0.3) is 0 Å². The Kier molecular flexibility index (Phi) is 35.5. The summed E-state index contributed by atoms with van der Waals surface area (Å²) in [6.07, 6.45) is 39.3. The van der Waals surface area contributed by atoms with Gasteiger partial charge in [0.05, 0.1) is 6.61 Å². The first-order valence-corrected chi connectivity index (χ1v) is 19.6. The van der Waals surface area contributed by atoms with Gasteiger partial charge in [-0.3, -0.25) is 9.59 Å². The number of hydrogen-bond donors (Lipinski definition) is 1. The molecule has 0 aromatic rings. The van der Waals surface area contributed by atoms with E-state index in [9.17, 15) is 14.7 Å². The SMILES string of the molecule is CCCCCCCCCCCCCCCCCCCCCCCCCCCC(=O)OC(CO)COC(=O)CCCCCCC. The lowest BCUT2D eigenvalue weighted by molar-refractivity contribution is -0.161. The van der Waals surface area contributed by atoms with E-state index in [1.165, 1.54) is 154 Å². The molecule has 0 saturated heterocycles. The summed E-state index contributed by atoms with van der Waals surface area (Å²) in [5.74, 6) is -0.593. The minimum Gasteiger partial charge on any atom is -0.462 e. The molecule has 1 N–H and O–H groups in total. The van der Waals surface area contributed by atoms with Gasteiger partial charge in [0.15, 0.2) is 6.10 Å². The van der Waals surface area contributed by atoms with Crippen LogP contribution in [0.4, 0.5) is 0 Å². The van der Waals surface area contributed by atoms with Gasteiger partial charge < -0.3 is 14.6 Å². The molecule has 0 aliphatic carbocycles. The van der Waals surface area contributed by atoms with Crippen molar-refractivity contribution in [3.8, 4) is 0 Å². The van der Waals surface area contributed by atoms with Gasteiger partial charge in [-0.05, 0) is 12.8 Å². The van der Waals surface area contributed by atoms with Gasteiger partial charge in [-0.1, -0.05) is 194 Å². The van der Waals surface area contributed by atoms with Crippen LogP contribution in [0.3, 0.4) is 0 Å². The molecule has 0 aromatic carbocycles. The Bertz CT molecular complexity index is 593. The second-order valence-electron chi connectivity index (χ2n) is 13.4. The largest absolute Gasteiger partial charge is 0.462 e. The molecule has 0 aromatic heterocycles. The van der Waals surface area contributed by atoms with Crippen molar-refractivity contribution in [2.24, 2.45) is 0 Å². The zero-order valence-corrected chi connectivity index (χ0v) is 29.7. The van der Waals surface area contributed by atoms with Gasteiger partial charge in [0.2, 0.25) is 0 Å². The number of esters is 2. The van der Waals surface area contributed by atoms with E-state index in [0.29, 0.717) is 12.8 Å². The molecular formula is C39H76O5. The fourth-order valence-corrected chi connectivity index (χ4v) is 5.91. The van der Waals surface area contributed by atoms with E-state index in [2.05, 4.69) is 13.8 Å². The molecule has 0 heterocycles. The van der Waals surface area contributed by atoms with Crippen LogP contribution < -0.4 is 0 Å². The predicted molar refractivity (Wildman–Crippen MR) is 187 cm³/mol. The van der Waals surface area contributed by atoms with Crippen LogP contribution in [0.5, 0.6) is 0 Å². The quantitative estimate of drug-likeness (QED) is 0.0554. The van der Waals surface area contributed by atoms with Gasteiger partial charge in [-0.2, -0.15) is 0 Å². The van der Waals surface area contributed by atoms with E-state index in [-0.39, 0.29) is 25.2 Å². The van der Waals surface area contributed by atoms with Crippen molar-refractivity contribution in [2.75, 3.05) is 13.2 Å².